The minimum absolute atomic E-state index is 0.00607. The van der Waals surface area contributed by atoms with E-state index in [-0.39, 0.29) is 28.2 Å². The van der Waals surface area contributed by atoms with Crippen LogP contribution in [-0.4, -0.2) is 44.9 Å². The Hall–Kier alpha value is -3.00. The van der Waals surface area contributed by atoms with E-state index in [1.165, 1.54) is 12.3 Å². The lowest BCUT2D eigenvalue weighted by molar-refractivity contribution is 0.151. The number of alkyl halides is 2. The SMILES string of the molecule is CN1CCC[C@@H](n2ccc3cc(-c4c(C(F)F)cc5occc5c4O)nnc32)C1. The van der Waals surface area contributed by atoms with Crippen LogP contribution in [0, 0.1) is 0 Å². The van der Waals surface area contributed by atoms with Gasteiger partial charge in [-0.2, -0.15) is 0 Å². The lowest BCUT2D eigenvalue weighted by atomic mass is 10.00. The second-order valence-electron chi connectivity index (χ2n) is 7.61. The zero-order valence-electron chi connectivity index (χ0n) is 15.8. The Morgan fingerprint density at radius 2 is 2.10 bits per heavy atom. The molecule has 0 aliphatic carbocycles. The highest BCUT2D eigenvalue weighted by atomic mass is 19.3. The summed E-state index contributed by atoms with van der Waals surface area (Å²) in [6, 6.07) is 6.73. The fourth-order valence-corrected chi connectivity index (χ4v) is 4.29. The molecule has 3 aromatic heterocycles. The van der Waals surface area contributed by atoms with Crippen LogP contribution in [0.5, 0.6) is 5.75 Å². The molecule has 0 radical (unpaired) electrons. The number of likely N-dealkylation sites (N-methyl/N-ethyl adjacent to an activating group) is 1. The Labute approximate surface area is 165 Å². The van der Waals surface area contributed by atoms with Gasteiger partial charge in [-0.3, -0.25) is 0 Å². The minimum Gasteiger partial charge on any atom is -0.506 e. The third-order valence-corrected chi connectivity index (χ3v) is 5.71. The van der Waals surface area contributed by atoms with Crippen molar-refractivity contribution in [3.63, 3.8) is 0 Å². The van der Waals surface area contributed by atoms with E-state index < -0.39 is 6.43 Å². The lowest BCUT2D eigenvalue weighted by Crippen LogP contribution is -2.33. The first-order valence-electron chi connectivity index (χ1n) is 9.57. The van der Waals surface area contributed by atoms with Gasteiger partial charge in [-0.15, -0.1) is 10.2 Å². The number of rotatable bonds is 3. The highest BCUT2D eigenvalue weighted by Gasteiger charge is 2.25. The summed E-state index contributed by atoms with van der Waals surface area (Å²) in [7, 11) is 2.10. The molecule has 1 aliphatic heterocycles. The van der Waals surface area contributed by atoms with Crippen molar-refractivity contribution in [2.75, 3.05) is 20.1 Å². The number of fused-ring (bicyclic) bond motifs is 2. The van der Waals surface area contributed by atoms with E-state index in [0.717, 1.165) is 37.0 Å². The normalized spacial score (nSPS) is 18.3. The van der Waals surface area contributed by atoms with Gasteiger partial charge in [0.05, 0.1) is 22.9 Å². The van der Waals surface area contributed by atoms with Crippen molar-refractivity contribution in [3.05, 3.63) is 42.3 Å². The summed E-state index contributed by atoms with van der Waals surface area (Å²) in [6.45, 7) is 2.01. The van der Waals surface area contributed by atoms with Gasteiger partial charge in [-0.05, 0) is 50.7 Å². The zero-order valence-corrected chi connectivity index (χ0v) is 15.8. The van der Waals surface area contributed by atoms with Crippen LogP contribution < -0.4 is 0 Å². The number of nitrogens with zero attached hydrogens (tertiary/aromatic N) is 4. The molecule has 4 heterocycles. The Balaban J connectivity index is 1.63. The number of halogens is 2. The Kier molecular flexibility index (Phi) is 4.24. The molecule has 0 amide bonds. The average molecular weight is 398 g/mol. The summed E-state index contributed by atoms with van der Waals surface area (Å²) in [4.78, 5) is 2.29. The fourth-order valence-electron chi connectivity index (χ4n) is 4.29. The summed E-state index contributed by atoms with van der Waals surface area (Å²) in [5.74, 6) is -0.270. The van der Waals surface area contributed by atoms with Gasteiger partial charge in [0.2, 0.25) is 0 Å². The molecule has 5 rings (SSSR count). The minimum atomic E-state index is -2.79. The van der Waals surface area contributed by atoms with Gasteiger partial charge < -0.3 is 19.0 Å². The number of hydrogen-bond acceptors (Lipinski definition) is 5. The maximum Gasteiger partial charge on any atom is 0.264 e. The molecule has 6 nitrogen and oxygen atoms in total. The molecule has 0 spiro atoms. The Morgan fingerprint density at radius 1 is 1.24 bits per heavy atom. The van der Waals surface area contributed by atoms with Crippen LogP contribution in [0.25, 0.3) is 33.3 Å². The number of phenolic OH excluding ortho intramolecular Hbond substituents is 1. The number of aromatic nitrogens is 3. The number of likely N-dealkylation sites (tertiary alicyclic amines) is 1. The highest BCUT2D eigenvalue weighted by molar-refractivity contribution is 5.94. The van der Waals surface area contributed by atoms with E-state index in [4.69, 9.17) is 4.42 Å². The molecule has 4 aromatic rings. The van der Waals surface area contributed by atoms with Crippen molar-refractivity contribution >= 4 is 22.0 Å². The second-order valence-corrected chi connectivity index (χ2v) is 7.61. The van der Waals surface area contributed by atoms with Crippen molar-refractivity contribution in [2.24, 2.45) is 0 Å². The van der Waals surface area contributed by atoms with Crippen molar-refractivity contribution in [1.29, 1.82) is 0 Å². The molecule has 1 atom stereocenters. The van der Waals surface area contributed by atoms with Gasteiger partial charge in [-0.25, -0.2) is 8.78 Å². The summed E-state index contributed by atoms with van der Waals surface area (Å²) in [5.41, 5.74) is 0.812. The predicted octanol–water partition coefficient (Wildman–Crippen LogP) is 4.75. The van der Waals surface area contributed by atoms with Crippen LogP contribution in [0.2, 0.25) is 0 Å². The van der Waals surface area contributed by atoms with E-state index >= 15 is 0 Å². The van der Waals surface area contributed by atoms with Crippen molar-refractivity contribution in [3.8, 4) is 17.0 Å². The number of furan rings is 1. The molecule has 1 aromatic carbocycles. The lowest BCUT2D eigenvalue weighted by Gasteiger charge is -2.30. The Morgan fingerprint density at radius 3 is 2.90 bits per heavy atom. The molecule has 1 saturated heterocycles. The maximum atomic E-state index is 13.7. The van der Waals surface area contributed by atoms with Gasteiger partial charge in [0, 0.05) is 29.7 Å². The quantitative estimate of drug-likeness (QED) is 0.539. The molecule has 1 N–H and O–H groups in total. The standard InChI is InChI=1S/C21H20F2N4O2/c1-26-6-2-3-13(11-26)27-7-4-12-9-16(24-25-21(12)27)18-15(20(22)23)10-17-14(19(18)28)5-8-29-17/h4-5,7-10,13,20,28H,2-3,6,11H2,1H3/t13-/m1/s1. The molecule has 0 saturated carbocycles. The number of aromatic hydroxyl groups is 1. The highest BCUT2D eigenvalue weighted by Crippen LogP contribution is 2.43. The van der Waals surface area contributed by atoms with Crippen molar-refractivity contribution in [1.82, 2.24) is 19.7 Å². The van der Waals surface area contributed by atoms with E-state index in [2.05, 4.69) is 26.7 Å². The monoisotopic (exact) mass is 398 g/mol. The van der Waals surface area contributed by atoms with Crippen LogP contribution >= 0.6 is 0 Å². The van der Waals surface area contributed by atoms with Gasteiger partial charge in [0.15, 0.2) is 5.65 Å². The largest absolute Gasteiger partial charge is 0.506 e. The second kappa shape index (κ2) is 6.81. The first-order chi connectivity index (χ1) is 14.0. The number of piperidine rings is 1. The number of benzene rings is 1. The molecule has 0 bridgehead atoms. The third-order valence-electron chi connectivity index (χ3n) is 5.71. The number of hydrogen-bond donors (Lipinski definition) is 1. The molecule has 150 valence electrons. The van der Waals surface area contributed by atoms with E-state index in [9.17, 15) is 13.9 Å². The first-order valence-corrected chi connectivity index (χ1v) is 9.57. The molecular weight excluding hydrogens is 378 g/mol. The summed E-state index contributed by atoms with van der Waals surface area (Å²) < 4.78 is 34.7. The molecule has 8 heteroatoms. The van der Waals surface area contributed by atoms with Crippen LogP contribution in [0.4, 0.5) is 8.78 Å². The first kappa shape index (κ1) is 18.1. The molecule has 29 heavy (non-hydrogen) atoms. The fraction of sp³-hybridized carbons (Fsp3) is 0.333. The van der Waals surface area contributed by atoms with Crippen LogP contribution in [0.15, 0.2) is 41.1 Å². The van der Waals surface area contributed by atoms with Crippen LogP contribution in [0.1, 0.15) is 30.9 Å². The van der Waals surface area contributed by atoms with Crippen molar-refractivity contribution < 1.29 is 18.3 Å². The molecular formula is C21H20F2N4O2. The molecule has 1 aliphatic rings. The van der Waals surface area contributed by atoms with Crippen LogP contribution in [-0.2, 0) is 0 Å². The topological polar surface area (TPSA) is 67.3 Å². The maximum absolute atomic E-state index is 13.7. The zero-order chi connectivity index (χ0) is 20.1. The van der Waals surface area contributed by atoms with E-state index in [1.54, 1.807) is 12.1 Å². The van der Waals surface area contributed by atoms with Gasteiger partial charge in [-0.1, -0.05) is 0 Å². The van der Waals surface area contributed by atoms with Crippen LogP contribution in [0.3, 0.4) is 0 Å². The summed E-state index contributed by atoms with van der Waals surface area (Å²) >= 11 is 0. The summed E-state index contributed by atoms with van der Waals surface area (Å²) in [6.07, 6.45) is 2.72. The van der Waals surface area contributed by atoms with Gasteiger partial charge in [0.1, 0.15) is 11.3 Å². The summed E-state index contributed by atoms with van der Waals surface area (Å²) in [5, 5.41) is 20.4. The molecule has 0 unspecified atom stereocenters. The third kappa shape index (κ3) is 2.95. The average Bonchev–Trinajstić information content (AvgIpc) is 3.34. The smallest absolute Gasteiger partial charge is 0.264 e. The predicted molar refractivity (Wildman–Crippen MR) is 105 cm³/mol. The van der Waals surface area contributed by atoms with Gasteiger partial charge in [0.25, 0.3) is 6.43 Å². The molecule has 1 fully saturated rings. The Bertz CT molecular complexity index is 1200. The van der Waals surface area contributed by atoms with Gasteiger partial charge >= 0.3 is 0 Å². The van der Waals surface area contributed by atoms with Crippen molar-refractivity contribution in [2.45, 2.75) is 25.3 Å². The van der Waals surface area contributed by atoms with E-state index in [1.807, 2.05) is 12.3 Å². The van der Waals surface area contributed by atoms with E-state index in [0.29, 0.717) is 11.4 Å². The number of phenols is 1.